The lowest BCUT2D eigenvalue weighted by Crippen LogP contribution is -2.61. The van der Waals surface area contributed by atoms with Crippen molar-refractivity contribution in [3.05, 3.63) is 53.4 Å². The van der Waals surface area contributed by atoms with E-state index in [0.717, 1.165) is 30.2 Å². The van der Waals surface area contributed by atoms with Gasteiger partial charge >= 0.3 is 0 Å². The van der Waals surface area contributed by atoms with Gasteiger partial charge in [0, 0.05) is 30.1 Å². The van der Waals surface area contributed by atoms with Gasteiger partial charge in [-0.05, 0) is 74.3 Å². The summed E-state index contributed by atoms with van der Waals surface area (Å²) in [6, 6.07) is 11.2. The summed E-state index contributed by atoms with van der Waals surface area (Å²) in [6.45, 7) is 3.30. The van der Waals surface area contributed by atoms with Gasteiger partial charge in [0.15, 0.2) is 5.58 Å². The molecule has 1 aromatic carbocycles. The second kappa shape index (κ2) is 5.06. The molecule has 3 heteroatoms. The Morgan fingerprint density at radius 1 is 0.964 bits per heavy atom. The lowest BCUT2D eigenvalue weighted by Gasteiger charge is -2.63. The number of nitrogens with zero attached hydrogens (tertiary/aromatic N) is 2. The average Bonchev–Trinajstić information content (AvgIpc) is 3.34. The van der Waals surface area contributed by atoms with Crippen molar-refractivity contribution in [2.24, 2.45) is 30.7 Å². The third kappa shape index (κ3) is 1.65. The molecule has 8 rings (SSSR count). The van der Waals surface area contributed by atoms with Gasteiger partial charge in [0.2, 0.25) is 0 Å². The summed E-state index contributed by atoms with van der Waals surface area (Å²) in [5, 5.41) is 0. The summed E-state index contributed by atoms with van der Waals surface area (Å²) in [7, 11) is 2.24. The number of para-hydroxylation sites is 1. The highest BCUT2D eigenvalue weighted by atomic mass is 16.3. The summed E-state index contributed by atoms with van der Waals surface area (Å²) in [5.74, 6) is 3.46. The molecule has 144 valence electrons. The summed E-state index contributed by atoms with van der Waals surface area (Å²) >= 11 is 0. The number of aromatic nitrogens is 1. The van der Waals surface area contributed by atoms with Crippen LogP contribution in [-0.4, -0.2) is 4.57 Å². The third-order valence-corrected chi connectivity index (χ3v) is 8.87. The first-order valence-electron chi connectivity index (χ1n) is 11.1. The molecule has 0 amide bonds. The van der Waals surface area contributed by atoms with Crippen molar-refractivity contribution >= 4 is 16.8 Å². The molecule has 2 aromatic heterocycles. The van der Waals surface area contributed by atoms with Crippen LogP contribution in [0.2, 0.25) is 0 Å². The quantitative estimate of drug-likeness (QED) is 0.542. The molecule has 0 unspecified atom stereocenters. The first kappa shape index (κ1) is 15.7. The van der Waals surface area contributed by atoms with Crippen LogP contribution in [-0.2, 0) is 19.1 Å². The molecule has 4 fully saturated rings. The van der Waals surface area contributed by atoms with Crippen LogP contribution in [0.3, 0.4) is 0 Å². The van der Waals surface area contributed by atoms with Gasteiger partial charge < -0.3 is 13.9 Å². The zero-order valence-electron chi connectivity index (χ0n) is 16.8. The highest BCUT2D eigenvalue weighted by molar-refractivity contribution is 5.84. The Kier molecular flexibility index (Phi) is 2.84. The van der Waals surface area contributed by atoms with Crippen molar-refractivity contribution in [3.63, 3.8) is 0 Å². The molecule has 0 saturated heterocycles. The van der Waals surface area contributed by atoms with Crippen LogP contribution in [0.1, 0.15) is 48.9 Å². The van der Waals surface area contributed by atoms with Gasteiger partial charge in [-0.25, -0.2) is 0 Å². The summed E-state index contributed by atoms with van der Waals surface area (Å²) in [6.07, 6.45) is 9.02. The lowest BCUT2D eigenvalue weighted by molar-refractivity contribution is -0.0584. The molecule has 3 nitrogen and oxygen atoms in total. The molecule has 28 heavy (non-hydrogen) atoms. The second-order valence-electron chi connectivity index (χ2n) is 10.0. The van der Waals surface area contributed by atoms with Gasteiger partial charge in [-0.1, -0.05) is 18.2 Å². The lowest BCUT2D eigenvalue weighted by atomic mass is 9.47. The Bertz CT molecular complexity index is 1080. The predicted octanol–water partition coefficient (Wildman–Crippen LogP) is 5.75. The molecule has 4 aliphatic carbocycles. The number of anilines is 1. The van der Waals surface area contributed by atoms with Crippen LogP contribution < -0.4 is 4.90 Å². The normalized spacial score (nSPS) is 35.4. The Morgan fingerprint density at radius 3 is 2.39 bits per heavy atom. The van der Waals surface area contributed by atoms with Gasteiger partial charge in [-0.2, -0.15) is 0 Å². The number of furan rings is 1. The van der Waals surface area contributed by atoms with Crippen LogP contribution >= 0.6 is 0 Å². The highest BCUT2D eigenvalue weighted by Crippen LogP contribution is 2.68. The standard InChI is InChI=1S/C25H28N2O/c1-15-5-3-4-6-20(15)27-14-22-23(24-21(26(22)2)7-8-28-24)25(27)18-10-16-9-17(12-18)13-19(25)11-16/h3-8,16-19H,9-14H2,1-2H3. The van der Waals surface area contributed by atoms with E-state index in [9.17, 15) is 0 Å². The van der Waals surface area contributed by atoms with Gasteiger partial charge in [0.25, 0.3) is 0 Å². The van der Waals surface area contributed by atoms with Gasteiger partial charge in [0.1, 0.15) is 0 Å². The monoisotopic (exact) mass is 372 g/mol. The smallest absolute Gasteiger partial charge is 0.157 e. The zero-order valence-corrected chi connectivity index (χ0v) is 16.8. The highest BCUT2D eigenvalue weighted by Gasteiger charge is 2.64. The SMILES string of the molecule is Cc1ccccc1N1Cc2c(c3occc3n2C)C12C1CC3CC(C1)CC2C3. The Hall–Kier alpha value is -2.16. The van der Waals surface area contributed by atoms with Crippen LogP contribution in [0.4, 0.5) is 5.69 Å². The van der Waals surface area contributed by atoms with E-state index >= 15 is 0 Å². The second-order valence-corrected chi connectivity index (χ2v) is 10.0. The first-order chi connectivity index (χ1) is 13.7. The van der Waals surface area contributed by atoms with Crippen LogP contribution in [0.15, 0.2) is 41.0 Å². The maximum Gasteiger partial charge on any atom is 0.157 e. The minimum absolute atomic E-state index is 0.131. The van der Waals surface area contributed by atoms with Crippen LogP contribution in [0, 0.1) is 30.6 Å². The van der Waals surface area contributed by atoms with Gasteiger partial charge in [0.05, 0.1) is 23.9 Å². The largest absolute Gasteiger partial charge is 0.462 e. The van der Waals surface area contributed by atoms with Crippen LogP contribution in [0.5, 0.6) is 0 Å². The van der Waals surface area contributed by atoms with E-state index < -0.39 is 0 Å². The van der Waals surface area contributed by atoms with E-state index in [1.807, 2.05) is 6.26 Å². The third-order valence-electron chi connectivity index (χ3n) is 8.87. The van der Waals surface area contributed by atoms with E-state index in [2.05, 4.69) is 53.8 Å². The Morgan fingerprint density at radius 2 is 1.68 bits per heavy atom. The van der Waals surface area contributed by atoms with E-state index in [-0.39, 0.29) is 5.54 Å². The molecule has 0 N–H and O–H groups in total. The molecular weight excluding hydrogens is 344 g/mol. The summed E-state index contributed by atoms with van der Waals surface area (Å²) < 4.78 is 8.60. The van der Waals surface area contributed by atoms with E-state index in [1.54, 1.807) is 5.56 Å². The van der Waals surface area contributed by atoms with Crippen molar-refractivity contribution in [1.82, 2.24) is 4.57 Å². The van der Waals surface area contributed by atoms with Gasteiger partial charge in [-0.3, -0.25) is 0 Å². The van der Waals surface area contributed by atoms with E-state index in [4.69, 9.17) is 4.42 Å². The summed E-state index contributed by atoms with van der Waals surface area (Å²) in [5.41, 5.74) is 8.46. The number of benzene rings is 1. The molecule has 1 spiro atoms. The molecule has 3 heterocycles. The number of rotatable bonds is 1. The maximum atomic E-state index is 6.18. The van der Waals surface area contributed by atoms with E-state index in [0.29, 0.717) is 0 Å². The van der Waals surface area contributed by atoms with E-state index in [1.165, 1.54) is 60.1 Å². The zero-order chi connectivity index (χ0) is 18.6. The molecule has 1 aliphatic heterocycles. The first-order valence-corrected chi connectivity index (χ1v) is 11.1. The van der Waals surface area contributed by atoms with Crippen molar-refractivity contribution in [2.45, 2.75) is 51.1 Å². The topological polar surface area (TPSA) is 21.3 Å². The number of hydrogen-bond acceptors (Lipinski definition) is 2. The minimum atomic E-state index is 0.131. The van der Waals surface area contributed by atoms with Crippen molar-refractivity contribution in [2.75, 3.05) is 4.90 Å². The molecule has 0 radical (unpaired) electrons. The van der Waals surface area contributed by atoms with Crippen molar-refractivity contribution in [3.8, 4) is 0 Å². The fraction of sp³-hybridized carbons (Fsp3) is 0.520. The molecule has 5 aliphatic rings. The maximum absolute atomic E-state index is 6.18. The predicted molar refractivity (Wildman–Crippen MR) is 111 cm³/mol. The average molecular weight is 373 g/mol. The Balaban J connectivity index is 1.54. The number of hydrogen-bond donors (Lipinski definition) is 0. The fourth-order valence-electron chi connectivity index (χ4n) is 8.11. The Labute approximate surface area is 166 Å². The number of aryl methyl sites for hydroxylation is 2. The molecule has 3 aromatic rings. The molecular formula is C25H28N2O. The molecule has 4 bridgehead atoms. The van der Waals surface area contributed by atoms with Crippen molar-refractivity contribution < 1.29 is 4.42 Å². The fourth-order valence-corrected chi connectivity index (χ4v) is 8.11. The minimum Gasteiger partial charge on any atom is -0.462 e. The van der Waals surface area contributed by atoms with Crippen molar-refractivity contribution in [1.29, 1.82) is 0 Å². The van der Waals surface area contributed by atoms with Crippen LogP contribution in [0.25, 0.3) is 11.1 Å². The summed E-state index contributed by atoms with van der Waals surface area (Å²) in [4.78, 5) is 2.82. The molecule has 4 saturated carbocycles. The molecule has 0 atom stereocenters. The van der Waals surface area contributed by atoms with Gasteiger partial charge in [-0.15, -0.1) is 0 Å². The number of fused-ring (bicyclic) bond motifs is 3.